The van der Waals surface area contributed by atoms with Crippen LogP contribution in [0.25, 0.3) is 0 Å². The molecule has 0 unspecified atom stereocenters. The summed E-state index contributed by atoms with van der Waals surface area (Å²) in [5.41, 5.74) is 1.66. The number of hydrogen-bond donors (Lipinski definition) is 1. The minimum atomic E-state index is -0.0874. The normalized spacial score (nSPS) is 9.93. The lowest BCUT2D eigenvalue weighted by atomic mass is 10.3. The van der Waals surface area contributed by atoms with Gasteiger partial charge >= 0.3 is 0 Å². The van der Waals surface area contributed by atoms with Gasteiger partial charge in [0.15, 0.2) is 0 Å². The predicted molar refractivity (Wildman–Crippen MR) is 61.2 cm³/mol. The van der Waals surface area contributed by atoms with Gasteiger partial charge in [0.05, 0.1) is 16.8 Å². The van der Waals surface area contributed by atoms with Crippen molar-refractivity contribution in [3.63, 3.8) is 0 Å². The van der Waals surface area contributed by atoms with Crippen molar-refractivity contribution in [2.24, 2.45) is 0 Å². The third kappa shape index (κ3) is 2.41. The van der Waals surface area contributed by atoms with E-state index < -0.39 is 0 Å². The van der Waals surface area contributed by atoms with Gasteiger partial charge in [0.2, 0.25) is 0 Å². The molecule has 0 fully saturated rings. The number of anilines is 1. The minimum absolute atomic E-state index is 0.0874. The van der Waals surface area contributed by atoms with Gasteiger partial charge in [0, 0.05) is 5.69 Å². The minimum Gasteiger partial charge on any atom is -0.320 e. The molecule has 0 spiro atoms. The average molecular weight is 218 g/mol. The molecular weight excluding hydrogens is 208 g/mol. The van der Waals surface area contributed by atoms with Crippen LogP contribution in [-0.4, -0.2) is 10.9 Å². The molecule has 0 aliphatic heterocycles. The molecule has 4 heteroatoms. The Kier molecular flexibility index (Phi) is 2.78. The van der Waals surface area contributed by atoms with Gasteiger partial charge in [-0.2, -0.15) is 0 Å². The molecule has 2 aromatic heterocycles. The monoisotopic (exact) mass is 218 g/mol. The van der Waals surface area contributed by atoms with E-state index in [9.17, 15) is 4.79 Å². The zero-order valence-corrected chi connectivity index (χ0v) is 9.04. The van der Waals surface area contributed by atoms with Crippen molar-refractivity contribution in [1.29, 1.82) is 0 Å². The van der Waals surface area contributed by atoms with Crippen LogP contribution in [0.2, 0.25) is 0 Å². The lowest BCUT2D eigenvalue weighted by Crippen LogP contribution is -2.10. The predicted octanol–water partition coefficient (Wildman–Crippen LogP) is 2.70. The van der Waals surface area contributed by atoms with Crippen LogP contribution < -0.4 is 5.32 Å². The molecule has 15 heavy (non-hydrogen) atoms. The van der Waals surface area contributed by atoms with E-state index in [1.807, 2.05) is 30.5 Å². The summed E-state index contributed by atoms with van der Waals surface area (Å²) in [4.78, 5) is 16.4. The Hall–Kier alpha value is -1.68. The smallest absolute Gasteiger partial charge is 0.265 e. The molecule has 0 saturated heterocycles. The molecule has 0 aliphatic carbocycles. The van der Waals surface area contributed by atoms with Crippen molar-refractivity contribution in [2.75, 3.05) is 5.32 Å². The Balaban J connectivity index is 2.09. The van der Waals surface area contributed by atoms with Crippen LogP contribution in [0.1, 0.15) is 15.4 Å². The van der Waals surface area contributed by atoms with Gasteiger partial charge < -0.3 is 5.32 Å². The van der Waals surface area contributed by atoms with Crippen LogP contribution in [0, 0.1) is 6.92 Å². The number of amides is 1. The van der Waals surface area contributed by atoms with Crippen molar-refractivity contribution >= 4 is 22.9 Å². The number of hydrogen-bond acceptors (Lipinski definition) is 3. The molecule has 2 rings (SSSR count). The molecule has 1 N–H and O–H groups in total. The molecule has 0 atom stereocenters. The largest absolute Gasteiger partial charge is 0.320 e. The second kappa shape index (κ2) is 4.23. The fourth-order valence-corrected chi connectivity index (χ4v) is 1.76. The molecule has 0 radical (unpaired) electrons. The van der Waals surface area contributed by atoms with Crippen LogP contribution in [0.5, 0.6) is 0 Å². The van der Waals surface area contributed by atoms with Crippen molar-refractivity contribution < 1.29 is 4.79 Å². The highest BCUT2D eigenvalue weighted by Gasteiger charge is 2.06. The summed E-state index contributed by atoms with van der Waals surface area (Å²) in [6.07, 6.45) is 1.65. The van der Waals surface area contributed by atoms with Gasteiger partial charge in [-0.15, -0.1) is 11.3 Å². The first-order valence-corrected chi connectivity index (χ1v) is 5.41. The molecule has 3 nitrogen and oxygen atoms in total. The highest BCUT2D eigenvalue weighted by atomic mass is 32.1. The fourth-order valence-electron chi connectivity index (χ4n) is 1.14. The van der Waals surface area contributed by atoms with Crippen molar-refractivity contribution in [1.82, 2.24) is 4.98 Å². The quantitative estimate of drug-likeness (QED) is 0.842. The number of nitrogens with one attached hydrogen (secondary N) is 1. The first-order valence-electron chi connectivity index (χ1n) is 4.53. The van der Waals surface area contributed by atoms with Crippen LogP contribution in [-0.2, 0) is 0 Å². The van der Waals surface area contributed by atoms with Crippen molar-refractivity contribution in [3.05, 3.63) is 46.4 Å². The van der Waals surface area contributed by atoms with E-state index in [-0.39, 0.29) is 5.91 Å². The number of aryl methyl sites for hydroxylation is 1. The second-order valence-corrected chi connectivity index (χ2v) is 4.07. The lowest BCUT2D eigenvalue weighted by molar-refractivity contribution is 0.103. The van der Waals surface area contributed by atoms with Gasteiger partial charge in [0.1, 0.15) is 0 Å². The topological polar surface area (TPSA) is 42.0 Å². The number of aromatic nitrogens is 1. The Morgan fingerprint density at radius 1 is 1.40 bits per heavy atom. The number of rotatable bonds is 2. The maximum Gasteiger partial charge on any atom is 0.265 e. The van der Waals surface area contributed by atoms with Gasteiger partial charge in [-0.3, -0.25) is 9.78 Å². The zero-order chi connectivity index (χ0) is 10.7. The van der Waals surface area contributed by atoms with E-state index in [0.717, 1.165) is 11.4 Å². The Morgan fingerprint density at radius 3 is 2.87 bits per heavy atom. The summed E-state index contributed by atoms with van der Waals surface area (Å²) >= 11 is 1.42. The van der Waals surface area contributed by atoms with Gasteiger partial charge in [-0.05, 0) is 30.5 Å². The van der Waals surface area contributed by atoms with Crippen molar-refractivity contribution in [2.45, 2.75) is 6.92 Å². The highest BCUT2D eigenvalue weighted by molar-refractivity contribution is 7.12. The summed E-state index contributed by atoms with van der Waals surface area (Å²) in [5.74, 6) is -0.0874. The van der Waals surface area contributed by atoms with Crippen LogP contribution in [0.4, 0.5) is 5.69 Å². The maximum absolute atomic E-state index is 11.6. The molecule has 0 aromatic carbocycles. The first-order chi connectivity index (χ1) is 7.25. The summed E-state index contributed by atoms with van der Waals surface area (Å²) in [6.45, 7) is 1.91. The zero-order valence-electron chi connectivity index (χ0n) is 8.23. The molecule has 1 amide bonds. The Bertz CT molecular complexity index is 448. The molecule has 0 saturated carbocycles. The summed E-state index contributed by atoms with van der Waals surface area (Å²) in [6, 6.07) is 7.35. The summed E-state index contributed by atoms with van der Waals surface area (Å²) < 4.78 is 0. The van der Waals surface area contributed by atoms with Crippen molar-refractivity contribution in [3.8, 4) is 0 Å². The molecule has 2 heterocycles. The highest BCUT2D eigenvalue weighted by Crippen LogP contribution is 2.12. The van der Waals surface area contributed by atoms with E-state index in [1.165, 1.54) is 11.3 Å². The third-order valence-electron chi connectivity index (χ3n) is 1.91. The summed E-state index contributed by atoms with van der Waals surface area (Å²) in [5, 5.41) is 4.66. The Morgan fingerprint density at radius 2 is 2.27 bits per heavy atom. The first kappa shape index (κ1) is 9.86. The molecule has 0 bridgehead atoms. The molecule has 76 valence electrons. The number of nitrogens with zero attached hydrogens (tertiary/aromatic N) is 1. The Labute approximate surface area is 91.8 Å². The standard InChI is InChI=1S/C11H10N2OS/c1-8-4-5-9(7-12-8)13-11(14)10-3-2-6-15-10/h2-7H,1H3,(H,13,14). The van der Waals surface area contributed by atoms with E-state index in [4.69, 9.17) is 0 Å². The fraction of sp³-hybridized carbons (Fsp3) is 0.0909. The number of thiophene rings is 1. The van der Waals surface area contributed by atoms with Gasteiger partial charge in [-0.25, -0.2) is 0 Å². The van der Waals surface area contributed by atoms with E-state index in [2.05, 4.69) is 10.3 Å². The average Bonchev–Trinajstić information content (AvgIpc) is 2.74. The van der Waals surface area contributed by atoms with Crippen LogP contribution in [0.15, 0.2) is 35.8 Å². The van der Waals surface area contributed by atoms with E-state index in [1.54, 1.807) is 12.3 Å². The molecular formula is C11H10N2OS. The van der Waals surface area contributed by atoms with Gasteiger partial charge in [0.25, 0.3) is 5.91 Å². The number of pyridine rings is 1. The molecule has 0 aliphatic rings. The maximum atomic E-state index is 11.6. The molecule has 2 aromatic rings. The third-order valence-corrected chi connectivity index (χ3v) is 2.78. The second-order valence-electron chi connectivity index (χ2n) is 3.12. The van der Waals surface area contributed by atoms with Crippen LogP contribution >= 0.6 is 11.3 Å². The number of carbonyl (C=O) groups excluding carboxylic acids is 1. The van der Waals surface area contributed by atoms with E-state index >= 15 is 0 Å². The SMILES string of the molecule is Cc1ccc(NC(=O)c2cccs2)cn1. The van der Waals surface area contributed by atoms with E-state index in [0.29, 0.717) is 4.88 Å². The van der Waals surface area contributed by atoms with Crippen LogP contribution in [0.3, 0.4) is 0 Å². The van der Waals surface area contributed by atoms with Gasteiger partial charge in [-0.1, -0.05) is 6.07 Å². The number of carbonyl (C=O) groups is 1. The summed E-state index contributed by atoms with van der Waals surface area (Å²) in [7, 11) is 0. The lowest BCUT2D eigenvalue weighted by Gasteiger charge is -2.02.